The van der Waals surface area contributed by atoms with Crippen LogP contribution in [0.15, 0.2) is 72.8 Å². The van der Waals surface area contributed by atoms with Gasteiger partial charge in [-0.3, -0.25) is 13.9 Å². The zero-order valence-electron chi connectivity index (χ0n) is 23.6. The Bertz CT molecular complexity index is 1380. The molecule has 0 aromatic heterocycles. The smallest absolute Gasteiger partial charge is 0.244 e. The lowest BCUT2D eigenvalue weighted by molar-refractivity contribution is -0.140. The van der Waals surface area contributed by atoms with Crippen LogP contribution in [0.1, 0.15) is 41.7 Å². The summed E-state index contributed by atoms with van der Waals surface area (Å²) in [5, 5.41) is 2.97. The van der Waals surface area contributed by atoms with Crippen molar-refractivity contribution in [2.75, 3.05) is 17.1 Å². The molecule has 0 spiro atoms. The van der Waals surface area contributed by atoms with Crippen molar-refractivity contribution in [3.63, 3.8) is 0 Å². The average molecular weight is 550 g/mol. The molecule has 0 aliphatic heterocycles. The molecule has 1 atom stereocenters. The molecule has 0 aliphatic rings. The lowest BCUT2D eigenvalue weighted by Gasteiger charge is -2.34. The van der Waals surface area contributed by atoms with Gasteiger partial charge in [0.15, 0.2) is 0 Å². The predicted molar refractivity (Wildman–Crippen MR) is 157 cm³/mol. The topological polar surface area (TPSA) is 86.8 Å². The molecule has 3 rings (SSSR count). The molecular weight excluding hydrogens is 510 g/mol. The lowest BCUT2D eigenvalue weighted by atomic mass is 10.0. The summed E-state index contributed by atoms with van der Waals surface area (Å²) in [5.74, 6) is -0.736. The van der Waals surface area contributed by atoms with Gasteiger partial charge in [0.25, 0.3) is 0 Å². The Balaban J connectivity index is 2.10. The summed E-state index contributed by atoms with van der Waals surface area (Å²) in [4.78, 5) is 29.3. The molecule has 208 valence electrons. The second-order valence-corrected chi connectivity index (χ2v) is 12.2. The van der Waals surface area contributed by atoms with Gasteiger partial charge in [-0.15, -0.1) is 0 Å². The van der Waals surface area contributed by atoms with E-state index in [1.165, 1.54) is 4.90 Å². The zero-order valence-corrected chi connectivity index (χ0v) is 24.5. The number of carbonyl (C=O) groups excluding carboxylic acids is 2. The summed E-state index contributed by atoms with van der Waals surface area (Å²) in [7, 11) is -3.81. The van der Waals surface area contributed by atoms with E-state index in [0.717, 1.165) is 38.4 Å². The minimum atomic E-state index is -3.81. The fourth-order valence-electron chi connectivity index (χ4n) is 4.68. The second-order valence-electron chi connectivity index (χ2n) is 10.3. The zero-order chi connectivity index (χ0) is 28.7. The van der Waals surface area contributed by atoms with E-state index < -0.39 is 28.5 Å². The van der Waals surface area contributed by atoms with Gasteiger partial charge in [-0.2, -0.15) is 0 Å². The van der Waals surface area contributed by atoms with E-state index >= 15 is 0 Å². The van der Waals surface area contributed by atoms with Crippen LogP contribution >= 0.6 is 0 Å². The van der Waals surface area contributed by atoms with Crippen LogP contribution in [0.4, 0.5) is 5.69 Å². The molecular formula is C31H39N3O4S. The van der Waals surface area contributed by atoms with Gasteiger partial charge in [-0.1, -0.05) is 72.8 Å². The number of nitrogens with zero attached hydrogens (tertiary/aromatic N) is 2. The van der Waals surface area contributed by atoms with E-state index in [1.807, 2.05) is 107 Å². The second kappa shape index (κ2) is 12.9. The van der Waals surface area contributed by atoms with Crippen molar-refractivity contribution in [2.45, 2.75) is 59.7 Å². The Morgan fingerprint density at radius 3 is 1.95 bits per heavy atom. The third-order valence-corrected chi connectivity index (χ3v) is 7.78. The Morgan fingerprint density at radius 1 is 0.821 bits per heavy atom. The summed E-state index contributed by atoms with van der Waals surface area (Å²) in [6.07, 6.45) is 1.39. The van der Waals surface area contributed by atoms with Crippen molar-refractivity contribution in [1.82, 2.24) is 10.2 Å². The maximum absolute atomic E-state index is 14.2. The van der Waals surface area contributed by atoms with Gasteiger partial charge >= 0.3 is 0 Å². The quantitative estimate of drug-likeness (QED) is 0.380. The van der Waals surface area contributed by atoms with Crippen LogP contribution in [0, 0.1) is 20.8 Å². The number of carbonyl (C=O) groups is 2. The molecule has 39 heavy (non-hydrogen) atoms. The Morgan fingerprint density at radius 2 is 1.38 bits per heavy atom. The normalized spacial score (nSPS) is 12.2. The van der Waals surface area contributed by atoms with Crippen molar-refractivity contribution < 1.29 is 18.0 Å². The molecule has 8 heteroatoms. The third kappa shape index (κ3) is 7.93. The summed E-state index contributed by atoms with van der Waals surface area (Å²) in [5.41, 5.74) is 4.75. The Hall–Kier alpha value is -3.65. The minimum absolute atomic E-state index is 0.131. The fourth-order valence-corrected chi connectivity index (χ4v) is 5.65. The highest BCUT2D eigenvalue weighted by Crippen LogP contribution is 2.27. The van der Waals surface area contributed by atoms with Crippen LogP contribution in [0.5, 0.6) is 0 Å². The molecule has 3 aromatic carbocycles. The summed E-state index contributed by atoms with van der Waals surface area (Å²) in [6, 6.07) is 21.8. The standard InChI is InChI=1S/C31H39N3O4S/c1-22(2)32-31(36)28(19-26-16-8-7-9-17-26)33(20-27-18-11-10-13-23(27)3)29(35)21-34(39(6,37)38)30-24(4)14-12-15-25(30)5/h7-18,22,28H,19-21H2,1-6H3,(H,32,36)/t28-/m1/s1. The lowest BCUT2D eigenvalue weighted by Crippen LogP contribution is -2.54. The number of benzene rings is 3. The van der Waals surface area contributed by atoms with Gasteiger partial charge in [0.1, 0.15) is 12.6 Å². The molecule has 0 bridgehead atoms. The van der Waals surface area contributed by atoms with Gasteiger partial charge in [0.05, 0.1) is 11.9 Å². The highest BCUT2D eigenvalue weighted by Gasteiger charge is 2.34. The van der Waals surface area contributed by atoms with Gasteiger partial charge in [0, 0.05) is 19.0 Å². The first-order chi connectivity index (χ1) is 18.4. The summed E-state index contributed by atoms with van der Waals surface area (Å²) < 4.78 is 27.2. The van der Waals surface area contributed by atoms with Crippen LogP contribution in [0.2, 0.25) is 0 Å². The first kappa shape index (κ1) is 29.9. The SMILES string of the molecule is Cc1ccccc1CN(C(=O)CN(c1c(C)cccc1C)S(C)(=O)=O)[C@H](Cc1ccccc1)C(=O)NC(C)C. The predicted octanol–water partition coefficient (Wildman–Crippen LogP) is 4.54. The molecule has 0 radical (unpaired) electrons. The van der Waals surface area contributed by atoms with Gasteiger partial charge in [-0.05, 0) is 62.4 Å². The maximum atomic E-state index is 14.2. The van der Waals surface area contributed by atoms with Crippen molar-refractivity contribution in [3.05, 3.63) is 101 Å². The fraction of sp³-hybridized carbons (Fsp3) is 0.355. The number of aryl methyl sites for hydroxylation is 3. The molecule has 2 amide bonds. The average Bonchev–Trinajstić information content (AvgIpc) is 2.86. The van der Waals surface area contributed by atoms with Crippen LogP contribution in [0.3, 0.4) is 0 Å². The van der Waals surface area contributed by atoms with Crippen molar-refractivity contribution in [2.24, 2.45) is 0 Å². The number of nitrogens with one attached hydrogen (secondary N) is 1. The number of para-hydroxylation sites is 1. The molecule has 0 fully saturated rings. The van der Waals surface area contributed by atoms with Gasteiger partial charge < -0.3 is 10.2 Å². The number of amides is 2. The van der Waals surface area contributed by atoms with Gasteiger partial charge in [0.2, 0.25) is 21.8 Å². The van der Waals surface area contributed by atoms with E-state index in [-0.39, 0.29) is 18.5 Å². The van der Waals surface area contributed by atoms with Gasteiger partial charge in [-0.25, -0.2) is 8.42 Å². The van der Waals surface area contributed by atoms with E-state index in [2.05, 4.69) is 5.32 Å². The molecule has 0 aliphatic carbocycles. The van der Waals surface area contributed by atoms with E-state index in [9.17, 15) is 18.0 Å². The third-order valence-electron chi connectivity index (χ3n) is 6.67. The van der Waals surface area contributed by atoms with Crippen LogP contribution in [-0.2, 0) is 32.6 Å². The summed E-state index contributed by atoms with van der Waals surface area (Å²) in [6.45, 7) is 9.09. The van der Waals surface area contributed by atoms with E-state index in [1.54, 1.807) is 0 Å². The molecule has 0 saturated heterocycles. The van der Waals surface area contributed by atoms with Crippen LogP contribution in [-0.4, -0.2) is 50.0 Å². The molecule has 1 N–H and O–H groups in total. The molecule has 7 nitrogen and oxygen atoms in total. The first-order valence-corrected chi connectivity index (χ1v) is 15.0. The van der Waals surface area contributed by atoms with Crippen LogP contribution < -0.4 is 9.62 Å². The number of hydrogen-bond donors (Lipinski definition) is 1. The number of hydrogen-bond acceptors (Lipinski definition) is 4. The number of rotatable bonds is 11. The highest BCUT2D eigenvalue weighted by atomic mass is 32.2. The first-order valence-electron chi connectivity index (χ1n) is 13.1. The largest absolute Gasteiger partial charge is 0.352 e. The Kier molecular flexibility index (Phi) is 9.92. The Labute approximate surface area is 232 Å². The van der Waals surface area contributed by atoms with E-state index in [0.29, 0.717) is 12.1 Å². The summed E-state index contributed by atoms with van der Waals surface area (Å²) >= 11 is 0. The van der Waals surface area contributed by atoms with Crippen molar-refractivity contribution >= 4 is 27.5 Å². The monoisotopic (exact) mass is 549 g/mol. The highest BCUT2D eigenvalue weighted by molar-refractivity contribution is 7.92. The number of sulfonamides is 1. The molecule has 0 unspecified atom stereocenters. The van der Waals surface area contributed by atoms with Crippen molar-refractivity contribution in [1.29, 1.82) is 0 Å². The maximum Gasteiger partial charge on any atom is 0.244 e. The van der Waals surface area contributed by atoms with Crippen LogP contribution in [0.25, 0.3) is 0 Å². The van der Waals surface area contributed by atoms with E-state index in [4.69, 9.17) is 0 Å². The van der Waals surface area contributed by atoms with Crippen molar-refractivity contribution in [3.8, 4) is 0 Å². The minimum Gasteiger partial charge on any atom is -0.352 e. The molecule has 3 aromatic rings. The number of anilines is 1. The molecule has 0 heterocycles. The molecule has 0 saturated carbocycles.